The number of carbonyl (C=O) groups excluding carboxylic acids is 1. The summed E-state index contributed by atoms with van der Waals surface area (Å²) in [5.41, 5.74) is 1.29. The first kappa shape index (κ1) is 9.40. The maximum atomic E-state index is 11.5. The van der Waals surface area contributed by atoms with Gasteiger partial charge >= 0.3 is 0 Å². The number of hydrogen-bond donors (Lipinski definition) is 1. The highest BCUT2D eigenvalue weighted by atomic mass is 32.1. The van der Waals surface area contributed by atoms with Crippen molar-refractivity contribution in [2.24, 2.45) is 5.92 Å². The van der Waals surface area contributed by atoms with Gasteiger partial charge in [0.2, 0.25) is 0 Å². The summed E-state index contributed by atoms with van der Waals surface area (Å²) in [6.45, 7) is 4.63. The monoisotopic (exact) mass is 208 g/mol. The van der Waals surface area contributed by atoms with Gasteiger partial charge in [-0.25, -0.2) is 4.37 Å². The lowest BCUT2D eigenvalue weighted by molar-refractivity contribution is 0.0948. The van der Waals surface area contributed by atoms with Gasteiger partial charge in [-0.3, -0.25) is 4.79 Å². The quantitative estimate of drug-likeness (QED) is 0.770. The van der Waals surface area contributed by atoms with Crippen LogP contribution in [0.2, 0.25) is 0 Å². The smallest absolute Gasteiger partial charge is 0.262 e. The first-order valence-corrected chi connectivity index (χ1v) is 5.38. The summed E-state index contributed by atoms with van der Waals surface area (Å²) in [5, 5.41) is 2.90. The van der Waals surface area contributed by atoms with Crippen LogP contribution in [0.5, 0.6) is 0 Å². The van der Waals surface area contributed by atoms with Crippen molar-refractivity contribution in [3.63, 3.8) is 0 Å². The zero-order chi connectivity index (χ0) is 9.97. The summed E-state index contributed by atoms with van der Waals surface area (Å²) in [5.74, 6) is 0.587. The molecule has 4 heteroatoms. The number of allylic oxidation sites excluding steroid dienone is 1. The van der Waals surface area contributed by atoms with E-state index in [1.165, 1.54) is 17.1 Å². The molecule has 1 amide bonds. The molecular formula is C10H12N2OS. The molecule has 1 aliphatic carbocycles. The minimum absolute atomic E-state index is 0.00925. The fraction of sp³-hybridized carbons (Fsp3) is 0.400. The standard InChI is InChI=1S/C10H12N2OS/c1-7-4-8(5-7)6-11-10(13)9-2-3-12-14-9/h2-3,8H,1,4-6H2,(H,11,13). The minimum Gasteiger partial charge on any atom is -0.351 e. The van der Waals surface area contributed by atoms with E-state index >= 15 is 0 Å². The molecule has 74 valence electrons. The van der Waals surface area contributed by atoms with Gasteiger partial charge in [0.25, 0.3) is 5.91 Å². The number of hydrogen-bond acceptors (Lipinski definition) is 3. The third kappa shape index (κ3) is 2.01. The van der Waals surface area contributed by atoms with Gasteiger partial charge < -0.3 is 5.32 Å². The predicted octanol–water partition coefficient (Wildman–Crippen LogP) is 1.84. The maximum Gasteiger partial charge on any atom is 0.262 e. The van der Waals surface area contributed by atoms with Crippen molar-refractivity contribution in [3.8, 4) is 0 Å². The molecule has 1 aromatic heterocycles. The number of rotatable bonds is 3. The fourth-order valence-corrected chi connectivity index (χ4v) is 2.07. The van der Waals surface area contributed by atoms with Crippen LogP contribution in [0, 0.1) is 5.92 Å². The normalized spacial score (nSPS) is 16.4. The lowest BCUT2D eigenvalue weighted by atomic mass is 9.81. The molecular weight excluding hydrogens is 196 g/mol. The Hall–Kier alpha value is -1.16. The van der Waals surface area contributed by atoms with E-state index in [1.54, 1.807) is 12.3 Å². The summed E-state index contributed by atoms with van der Waals surface area (Å²) in [7, 11) is 0. The van der Waals surface area contributed by atoms with Gasteiger partial charge in [0.05, 0.1) is 0 Å². The summed E-state index contributed by atoms with van der Waals surface area (Å²) >= 11 is 1.23. The van der Waals surface area contributed by atoms with Crippen molar-refractivity contribution < 1.29 is 4.79 Å². The highest BCUT2D eigenvalue weighted by Crippen LogP contribution is 2.30. The lowest BCUT2D eigenvalue weighted by Gasteiger charge is -2.28. The van der Waals surface area contributed by atoms with Crippen molar-refractivity contribution in [1.82, 2.24) is 9.69 Å². The molecule has 0 atom stereocenters. The Morgan fingerprint density at radius 2 is 2.50 bits per heavy atom. The Morgan fingerprint density at radius 3 is 3.07 bits per heavy atom. The molecule has 1 N–H and O–H groups in total. The van der Waals surface area contributed by atoms with E-state index in [4.69, 9.17) is 0 Å². The zero-order valence-corrected chi connectivity index (χ0v) is 8.64. The summed E-state index contributed by atoms with van der Waals surface area (Å²) < 4.78 is 3.88. The van der Waals surface area contributed by atoms with E-state index < -0.39 is 0 Å². The van der Waals surface area contributed by atoms with E-state index in [0.717, 1.165) is 19.4 Å². The van der Waals surface area contributed by atoms with Crippen molar-refractivity contribution in [3.05, 3.63) is 29.3 Å². The van der Waals surface area contributed by atoms with Crippen LogP contribution >= 0.6 is 11.5 Å². The second-order valence-electron chi connectivity index (χ2n) is 3.61. The van der Waals surface area contributed by atoms with Gasteiger partial charge in [-0.2, -0.15) is 0 Å². The summed E-state index contributed by atoms with van der Waals surface area (Å²) in [4.78, 5) is 12.2. The second kappa shape index (κ2) is 3.92. The van der Waals surface area contributed by atoms with Crippen LogP contribution in [0.3, 0.4) is 0 Å². The highest BCUT2D eigenvalue weighted by Gasteiger charge is 2.21. The molecule has 0 aliphatic heterocycles. The van der Waals surface area contributed by atoms with Crippen LogP contribution < -0.4 is 5.32 Å². The van der Waals surface area contributed by atoms with Crippen LogP contribution in [0.15, 0.2) is 24.4 Å². The minimum atomic E-state index is -0.00925. The van der Waals surface area contributed by atoms with Crippen molar-refractivity contribution in [2.45, 2.75) is 12.8 Å². The van der Waals surface area contributed by atoms with E-state index in [1.807, 2.05) is 0 Å². The van der Waals surface area contributed by atoms with Gasteiger partial charge in [-0.05, 0) is 36.4 Å². The third-order valence-electron chi connectivity index (χ3n) is 2.37. The van der Waals surface area contributed by atoms with Crippen molar-refractivity contribution in [2.75, 3.05) is 6.54 Å². The molecule has 14 heavy (non-hydrogen) atoms. The third-order valence-corrected chi connectivity index (χ3v) is 3.11. The molecule has 0 radical (unpaired) electrons. The molecule has 3 nitrogen and oxygen atoms in total. The largest absolute Gasteiger partial charge is 0.351 e. The topological polar surface area (TPSA) is 42.0 Å². The lowest BCUT2D eigenvalue weighted by Crippen LogP contribution is -2.32. The first-order chi connectivity index (χ1) is 6.75. The molecule has 0 bridgehead atoms. The van der Waals surface area contributed by atoms with Gasteiger partial charge in [-0.15, -0.1) is 0 Å². The Kier molecular flexibility index (Phi) is 2.63. The number of amides is 1. The zero-order valence-electron chi connectivity index (χ0n) is 7.82. The molecule has 1 saturated carbocycles. The average Bonchev–Trinajstić information content (AvgIpc) is 2.62. The van der Waals surface area contributed by atoms with Gasteiger partial charge in [-0.1, -0.05) is 12.2 Å². The summed E-state index contributed by atoms with van der Waals surface area (Å²) in [6, 6.07) is 1.74. The molecule has 1 aromatic rings. The second-order valence-corrected chi connectivity index (χ2v) is 4.44. The number of carbonyl (C=O) groups is 1. The summed E-state index contributed by atoms with van der Waals surface area (Å²) in [6.07, 6.45) is 3.76. The molecule has 1 fully saturated rings. The van der Waals surface area contributed by atoms with Crippen molar-refractivity contribution >= 4 is 17.4 Å². The van der Waals surface area contributed by atoms with Crippen LogP contribution in [-0.4, -0.2) is 16.8 Å². The Morgan fingerprint density at radius 1 is 1.71 bits per heavy atom. The number of nitrogens with zero attached hydrogens (tertiary/aromatic N) is 1. The van der Waals surface area contributed by atoms with E-state index in [2.05, 4.69) is 16.3 Å². The molecule has 2 rings (SSSR count). The van der Waals surface area contributed by atoms with Crippen LogP contribution in [-0.2, 0) is 0 Å². The highest BCUT2D eigenvalue weighted by molar-refractivity contribution is 7.08. The van der Waals surface area contributed by atoms with Crippen LogP contribution in [0.4, 0.5) is 0 Å². The molecule has 0 aromatic carbocycles. The van der Waals surface area contributed by atoms with E-state index in [-0.39, 0.29) is 5.91 Å². The molecule has 1 aliphatic rings. The van der Waals surface area contributed by atoms with E-state index in [0.29, 0.717) is 10.8 Å². The Balaban J connectivity index is 1.76. The van der Waals surface area contributed by atoms with E-state index in [9.17, 15) is 4.79 Å². The average molecular weight is 208 g/mol. The number of nitrogens with one attached hydrogen (secondary N) is 1. The Bertz CT molecular complexity index is 337. The molecule has 0 unspecified atom stereocenters. The molecule has 0 saturated heterocycles. The molecule has 0 spiro atoms. The fourth-order valence-electron chi connectivity index (χ4n) is 1.56. The van der Waals surface area contributed by atoms with Crippen molar-refractivity contribution in [1.29, 1.82) is 0 Å². The molecule has 1 heterocycles. The number of aromatic nitrogens is 1. The van der Waals surface area contributed by atoms with Crippen LogP contribution in [0.25, 0.3) is 0 Å². The first-order valence-electron chi connectivity index (χ1n) is 4.61. The van der Waals surface area contributed by atoms with Gasteiger partial charge in [0.1, 0.15) is 4.88 Å². The predicted molar refractivity (Wildman–Crippen MR) is 56.3 cm³/mol. The SMILES string of the molecule is C=C1CC(CNC(=O)c2ccns2)C1. The maximum absolute atomic E-state index is 11.5. The van der Waals surface area contributed by atoms with Gasteiger partial charge in [0, 0.05) is 12.7 Å². The van der Waals surface area contributed by atoms with Crippen LogP contribution in [0.1, 0.15) is 22.5 Å². The Labute approximate surface area is 87.0 Å². The van der Waals surface area contributed by atoms with Gasteiger partial charge in [0.15, 0.2) is 0 Å².